The maximum Gasteiger partial charge on any atom is 0.263 e. The second-order valence-corrected chi connectivity index (χ2v) is 1.45. The zero-order valence-corrected chi connectivity index (χ0v) is 6.35. The highest BCUT2D eigenvalue weighted by molar-refractivity contribution is 4.68. The van der Waals surface area contributed by atoms with Crippen molar-refractivity contribution in [3.8, 4) is 0 Å². The van der Waals surface area contributed by atoms with Crippen molar-refractivity contribution >= 4 is 0 Å². The summed E-state index contributed by atoms with van der Waals surface area (Å²) in [4.78, 5) is 0. The van der Waals surface area contributed by atoms with Gasteiger partial charge in [-0.2, -0.15) is 8.78 Å². The molecule has 64 valence electrons. The molecule has 0 aliphatic carbocycles. The van der Waals surface area contributed by atoms with Crippen LogP contribution in [0.15, 0.2) is 38.0 Å². The average Bonchev–Trinajstić information content (AvgIpc) is 1.88. The Labute approximate surface area is 65.7 Å². The molecule has 0 fully saturated rings. The standard InChI is InChI=1S/C6H10O.C2H2F2/c1-3-5-7-6-4-2;1-2(3)4/h3-4H,1-2,5-6H2;1H2. The van der Waals surface area contributed by atoms with E-state index in [9.17, 15) is 8.78 Å². The van der Waals surface area contributed by atoms with Gasteiger partial charge in [0, 0.05) is 0 Å². The van der Waals surface area contributed by atoms with Gasteiger partial charge in [-0.05, 0) is 6.58 Å². The van der Waals surface area contributed by atoms with Gasteiger partial charge in [-0.1, -0.05) is 12.2 Å². The van der Waals surface area contributed by atoms with Gasteiger partial charge in [0.15, 0.2) is 0 Å². The third-order valence-electron chi connectivity index (χ3n) is 0.471. The van der Waals surface area contributed by atoms with E-state index in [2.05, 4.69) is 19.7 Å². The zero-order chi connectivity index (χ0) is 9.11. The summed E-state index contributed by atoms with van der Waals surface area (Å²) in [5.74, 6) is 0. The van der Waals surface area contributed by atoms with Crippen molar-refractivity contribution in [2.45, 2.75) is 0 Å². The summed E-state index contributed by atoms with van der Waals surface area (Å²) in [7, 11) is 0. The fraction of sp³-hybridized carbons (Fsp3) is 0.250. The van der Waals surface area contributed by atoms with Gasteiger partial charge in [-0.3, -0.25) is 0 Å². The Bertz CT molecular complexity index is 109. The molecule has 3 heteroatoms. The predicted octanol–water partition coefficient (Wildman–Crippen LogP) is 2.77. The van der Waals surface area contributed by atoms with Crippen LogP contribution >= 0.6 is 0 Å². The predicted molar refractivity (Wildman–Crippen MR) is 42.6 cm³/mol. The molecule has 0 aromatic rings. The molecule has 0 saturated carbocycles. The first kappa shape index (κ1) is 12.7. The molecule has 0 unspecified atom stereocenters. The first-order chi connectivity index (χ1) is 5.15. The molecule has 1 nitrogen and oxygen atoms in total. The van der Waals surface area contributed by atoms with Gasteiger partial charge >= 0.3 is 0 Å². The summed E-state index contributed by atoms with van der Waals surface area (Å²) in [6.45, 7) is 10.4. The maximum atomic E-state index is 10.1. The third kappa shape index (κ3) is 48.5. The van der Waals surface area contributed by atoms with Gasteiger partial charge in [0.25, 0.3) is 6.08 Å². The van der Waals surface area contributed by atoms with E-state index in [-0.39, 0.29) is 0 Å². The monoisotopic (exact) mass is 162 g/mol. The first-order valence-corrected chi connectivity index (χ1v) is 2.94. The molecule has 0 atom stereocenters. The Morgan fingerprint density at radius 3 is 1.64 bits per heavy atom. The van der Waals surface area contributed by atoms with Crippen LogP contribution in [0.3, 0.4) is 0 Å². The fourth-order valence-electron chi connectivity index (χ4n) is 0.235. The Morgan fingerprint density at radius 2 is 1.45 bits per heavy atom. The number of hydrogen-bond donors (Lipinski definition) is 0. The molecule has 0 heterocycles. The van der Waals surface area contributed by atoms with E-state index >= 15 is 0 Å². The molecule has 0 amide bonds. The average molecular weight is 162 g/mol. The molecule has 0 rings (SSSR count). The highest BCUT2D eigenvalue weighted by atomic mass is 19.3. The Balaban J connectivity index is 0. The molecule has 0 N–H and O–H groups in total. The lowest BCUT2D eigenvalue weighted by Gasteiger charge is -1.89. The first-order valence-electron chi connectivity index (χ1n) is 2.94. The normalized spacial score (nSPS) is 7.45. The lowest BCUT2D eigenvalue weighted by Crippen LogP contribution is -1.87. The minimum atomic E-state index is -1.83. The van der Waals surface area contributed by atoms with Crippen LogP contribution in [0.2, 0.25) is 0 Å². The van der Waals surface area contributed by atoms with Crippen molar-refractivity contribution in [1.82, 2.24) is 0 Å². The van der Waals surface area contributed by atoms with Crippen molar-refractivity contribution in [3.63, 3.8) is 0 Å². The molecule has 0 aromatic carbocycles. The number of halogens is 2. The molecule has 0 aromatic heterocycles. The quantitative estimate of drug-likeness (QED) is 0.456. The van der Waals surface area contributed by atoms with E-state index in [0.29, 0.717) is 13.2 Å². The Kier molecular flexibility index (Phi) is 13.6. The summed E-state index contributed by atoms with van der Waals surface area (Å²) in [6.07, 6.45) is 1.59. The smallest absolute Gasteiger partial charge is 0.263 e. The van der Waals surface area contributed by atoms with Crippen LogP contribution in [-0.2, 0) is 4.74 Å². The van der Waals surface area contributed by atoms with Crippen LogP contribution in [0, 0.1) is 0 Å². The largest absolute Gasteiger partial charge is 0.373 e. The Hall–Kier alpha value is -0.960. The summed E-state index contributed by atoms with van der Waals surface area (Å²) < 4.78 is 25.2. The van der Waals surface area contributed by atoms with Gasteiger partial charge in [0.2, 0.25) is 0 Å². The van der Waals surface area contributed by atoms with E-state index in [4.69, 9.17) is 4.74 Å². The van der Waals surface area contributed by atoms with Crippen LogP contribution in [-0.4, -0.2) is 13.2 Å². The minimum absolute atomic E-state index is 0.617. The van der Waals surface area contributed by atoms with Gasteiger partial charge in [-0.25, -0.2) is 0 Å². The third-order valence-corrected chi connectivity index (χ3v) is 0.471. The number of ether oxygens (including phenoxy) is 1. The van der Waals surface area contributed by atoms with E-state index in [1.54, 1.807) is 12.2 Å². The molecular formula is C8H12F2O. The summed E-state index contributed by atoms with van der Waals surface area (Å²) >= 11 is 0. The lowest BCUT2D eigenvalue weighted by molar-refractivity contribution is 0.194. The minimum Gasteiger partial charge on any atom is -0.373 e. The lowest BCUT2D eigenvalue weighted by atomic mass is 10.6. The molecule has 0 aliphatic rings. The fourth-order valence-corrected chi connectivity index (χ4v) is 0.235. The summed E-state index contributed by atoms with van der Waals surface area (Å²) in [5, 5.41) is 0. The van der Waals surface area contributed by atoms with E-state index in [1.807, 2.05) is 0 Å². The molecule has 11 heavy (non-hydrogen) atoms. The van der Waals surface area contributed by atoms with E-state index in [0.717, 1.165) is 0 Å². The highest BCUT2D eigenvalue weighted by Gasteiger charge is 1.70. The second-order valence-electron chi connectivity index (χ2n) is 1.45. The summed E-state index contributed by atoms with van der Waals surface area (Å²) in [5.41, 5.74) is 0. The number of rotatable bonds is 4. The molecule has 0 aliphatic heterocycles. The van der Waals surface area contributed by atoms with Crippen molar-refractivity contribution < 1.29 is 13.5 Å². The Morgan fingerprint density at radius 1 is 1.18 bits per heavy atom. The van der Waals surface area contributed by atoms with Gasteiger partial charge < -0.3 is 4.74 Å². The van der Waals surface area contributed by atoms with Crippen LogP contribution in [0.4, 0.5) is 8.78 Å². The molecule has 0 spiro atoms. The van der Waals surface area contributed by atoms with Crippen molar-refractivity contribution in [3.05, 3.63) is 38.0 Å². The van der Waals surface area contributed by atoms with Gasteiger partial charge in [-0.15, -0.1) is 13.2 Å². The van der Waals surface area contributed by atoms with Gasteiger partial charge in [0.1, 0.15) is 0 Å². The van der Waals surface area contributed by atoms with Crippen LogP contribution in [0.25, 0.3) is 0 Å². The maximum absolute atomic E-state index is 10.1. The van der Waals surface area contributed by atoms with Crippen molar-refractivity contribution in [2.24, 2.45) is 0 Å². The van der Waals surface area contributed by atoms with E-state index < -0.39 is 6.08 Å². The molecule has 0 saturated heterocycles. The van der Waals surface area contributed by atoms with Crippen molar-refractivity contribution in [1.29, 1.82) is 0 Å². The van der Waals surface area contributed by atoms with E-state index in [1.165, 1.54) is 0 Å². The number of hydrogen-bond acceptors (Lipinski definition) is 1. The van der Waals surface area contributed by atoms with Crippen LogP contribution in [0.1, 0.15) is 0 Å². The summed E-state index contributed by atoms with van der Waals surface area (Å²) in [6, 6.07) is 0. The molecule has 0 radical (unpaired) electrons. The molecule has 0 bridgehead atoms. The SMILES string of the molecule is C=C(F)F.C=CCOCC=C. The molecular weight excluding hydrogens is 150 g/mol. The van der Waals surface area contributed by atoms with Gasteiger partial charge in [0.05, 0.1) is 13.2 Å². The highest BCUT2D eigenvalue weighted by Crippen LogP contribution is 1.85. The van der Waals surface area contributed by atoms with Crippen LogP contribution < -0.4 is 0 Å². The second kappa shape index (κ2) is 11.8. The van der Waals surface area contributed by atoms with Crippen LogP contribution in [0.5, 0.6) is 0 Å². The van der Waals surface area contributed by atoms with Crippen molar-refractivity contribution in [2.75, 3.05) is 13.2 Å². The zero-order valence-electron chi connectivity index (χ0n) is 6.35. The topological polar surface area (TPSA) is 9.23 Å².